The number of hydrogen-bond acceptors (Lipinski definition) is 5. The average molecular weight is 1100 g/mol. The molecule has 0 aromatic heterocycles. The molecule has 0 bridgehead atoms. The summed E-state index contributed by atoms with van der Waals surface area (Å²) in [7, 11) is 0. The van der Waals surface area contributed by atoms with Crippen molar-refractivity contribution in [3.05, 3.63) is 24.3 Å². The van der Waals surface area contributed by atoms with Crippen LogP contribution in [0.1, 0.15) is 399 Å². The standard InChI is InChI=1S/C72H139NO5/c1-3-5-7-9-11-13-15-17-19-20-21-27-30-33-37-40-44-48-52-56-60-64-70(75)69(68-74)73-71(76)65-61-57-53-49-45-41-38-34-31-28-25-23-22-24-26-29-32-35-39-43-47-51-55-59-63-67-78-72(77)66-62-58-54-50-46-42-36-18-16-14-12-10-8-6-4-2/h23-26,69-70,74-75H,3-22,27-68H2,1-2H3,(H,73,76)/b25-23-,26-24-. The van der Waals surface area contributed by atoms with E-state index >= 15 is 0 Å². The molecule has 0 aliphatic heterocycles. The third kappa shape index (κ3) is 63.5. The summed E-state index contributed by atoms with van der Waals surface area (Å²) in [5.74, 6) is -0.0240. The third-order valence-electron chi connectivity index (χ3n) is 16.8. The van der Waals surface area contributed by atoms with Gasteiger partial charge in [0.25, 0.3) is 0 Å². The number of rotatable bonds is 67. The molecule has 0 aliphatic rings. The van der Waals surface area contributed by atoms with Gasteiger partial charge in [0.15, 0.2) is 0 Å². The fourth-order valence-corrected chi connectivity index (χ4v) is 11.3. The molecule has 78 heavy (non-hydrogen) atoms. The number of hydrogen-bond donors (Lipinski definition) is 3. The molecule has 0 saturated carbocycles. The van der Waals surface area contributed by atoms with E-state index in [1.165, 1.54) is 321 Å². The molecule has 0 saturated heterocycles. The van der Waals surface area contributed by atoms with Gasteiger partial charge in [0, 0.05) is 12.8 Å². The number of ether oxygens (including phenoxy) is 1. The summed E-state index contributed by atoms with van der Waals surface area (Å²) in [6, 6.07) is -0.547. The highest BCUT2D eigenvalue weighted by molar-refractivity contribution is 5.76. The van der Waals surface area contributed by atoms with Crippen LogP contribution < -0.4 is 5.32 Å². The molecule has 0 aromatic rings. The molecule has 0 heterocycles. The molecular formula is C72H139NO5. The van der Waals surface area contributed by atoms with Gasteiger partial charge < -0.3 is 20.3 Å². The van der Waals surface area contributed by atoms with Crippen LogP contribution in [0, 0.1) is 0 Å². The zero-order valence-electron chi connectivity index (χ0n) is 52.9. The summed E-state index contributed by atoms with van der Waals surface area (Å²) < 4.78 is 5.49. The molecule has 6 heteroatoms. The molecule has 2 unspecified atom stereocenters. The first kappa shape index (κ1) is 76.3. The second-order valence-electron chi connectivity index (χ2n) is 24.6. The lowest BCUT2D eigenvalue weighted by Gasteiger charge is -2.22. The molecule has 0 spiro atoms. The fourth-order valence-electron chi connectivity index (χ4n) is 11.3. The van der Waals surface area contributed by atoms with Crippen LogP contribution in [-0.4, -0.2) is 47.4 Å². The Labute approximate surface area is 488 Å². The largest absolute Gasteiger partial charge is 0.466 e. The Kier molecular flexibility index (Phi) is 66.4. The van der Waals surface area contributed by atoms with Crippen LogP contribution in [-0.2, 0) is 14.3 Å². The first-order valence-electron chi connectivity index (χ1n) is 35.6. The van der Waals surface area contributed by atoms with Crippen molar-refractivity contribution >= 4 is 11.9 Å². The van der Waals surface area contributed by atoms with Crippen LogP contribution in [0.4, 0.5) is 0 Å². The van der Waals surface area contributed by atoms with Crippen molar-refractivity contribution in [3.8, 4) is 0 Å². The Bertz CT molecular complexity index is 1220. The van der Waals surface area contributed by atoms with Crippen molar-refractivity contribution in [2.24, 2.45) is 0 Å². The predicted molar refractivity (Wildman–Crippen MR) is 343 cm³/mol. The second kappa shape index (κ2) is 67.8. The van der Waals surface area contributed by atoms with Crippen molar-refractivity contribution < 1.29 is 24.5 Å². The monoisotopic (exact) mass is 1100 g/mol. The Morgan fingerprint density at radius 3 is 0.974 bits per heavy atom. The first-order valence-corrected chi connectivity index (χ1v) is 35.6. The van der Waals surface area contributed by atoms with Crippen LogP contribution in [0.3, 0.4) is 0 Å². The smallest absolute Gasteiger partial charge is 0.305 e. The number of carbonyl (C=O) groups is 2. The van der Waals surface area contributed by atoms with Crippen LogP contribution in [0.2, 0.25) is 0 Å². The molecule has 0 radical (unpaired) electrons. The summed E-state index contributed by atoms with van der Waals surface area (Å²) >= 11 is 0. The molecule has 6 nitrogen and oxygen atoms in total. The molecule has 0 aromatic carbocycles. The Morgan fingerprint density at radius 1 is 0.359 bits per heavy atom. The fraction of sp³-hybridized carbons (Fsp3) is 0.917. The minimum absolute atomic E-state index is 0.0128. The maximum Gasteiger partial charge on any atom is 0.305 e. The molecule has 0 fully saturated rings. The third-order valence-corrected chi connectivity index (χ3v) is 16.8. The van der Waals surface area contributed by atoms with Crippen LogP contribution in [0.25, 0.3) is 0 Å². The zero-order chi connectivity index (χ0) is 56.4. The number of amides is 1. The van der Waals surface area contributed by atoms with E-state index in [0.29, 0.717) is 25.9 Å². The predicted octanol–water partition coefficient (Wildman–Crippen LogP) is 22.9. The molecule has 0 aliphatic carbocycles. The maximum absolute atomic E-state index is 12.5. The number of nitrogens with one attached hydrogen (secondary N) is 1. The minimum atomic E-state index is -0.669. The SMILES string of the molecule is CCCCCCCCCCCCCCCCCCCCCCCC(O)C(CO)NC(=O)CCCCCCCCCCC/C=C\C/C=C\CCCCCCCCCCCOC(=O)CCCCCCCCCCCCCCCCC. The van der Waals surface area contributed by atoms with Crippen molar-refractivity contribution in [3.63, 3.8) is 0 Å². The summed E-state index contributed by atoms with van der Waals surface area (Å²) in [6.45, 7) is 4.99. The van der Waals surface area contributed by atoms with Gasteiger partial charge in [-0.15, -0.1) is 0 Å². The quantitative estimate of drug-likeness (QED) is 0.0320. The molecule has 462 valence electrons. The van der Waals surface area contributed by atoms with Gasteiger partial charge in [0.1, 0.15) is 0 Å². The highest BCUT2D eigenvalue weighted by Crippen LogP contribution is 2.19. The van der Waals surface area contributed by atoms with Crippen molar-refractivity contribution in [1.82, 2.24) is 5.32 Å². The summed E-state index contributed by atoms with van der Waals surface area (Å²) in [5, 5.41) is 23.4. The Hall–Kier alpha value is -1.66. The molecule has 2 atom stereocenters. The van der Waals surface area contributed by atoms with Gasteiger partial charge in [0.2, 0.25) is 5.91 Å². The maximum atomic E-state index is 12.5. The van der Waals surface area contributed by atoms with E-state index in [9.17, 15) is 19.8 Å². The van der Waals surface area contributed by atoms with Gasteiger partial charge in [-0.2, -0.15) is 0 Å². The summed E-state index contributed by atoms with van der Waals surface area (Å²) in [4.78, 5) is 24.6. The second-order valence-corrected chi connectivity index (χ2v) is 24.6. The zero-order valence-corrected chi connectivity index (χ0v) is 52.9. The van der Waals surface area contributed by atoms with Gasteiger partial charge in [0.05, 0.1) is 25.4 Å². The van der Waals surface area contributed by atoms with Crippen LogP contribution in [0.5, 0.6) is 0 Å². The normalized spacial score (nSPS) is 12.6. The van der Waals surface area contributed by atoms with Gasteiger partial charge in [-0.25, -0.2) is 0 Å². The molecule has 0 rings (SSSR count). The van der Waals surface area contributed by atoms with Crippen molar-refractivity contribution in [2.45, 2.75) is 411 Å². The van der Waals surface area contributed by atoms with E-state index < -0.39 is 12.1 Å². The van der Waals surface area contributed by atoms with Gasteiger partial charge in [-0.1, -0.05) is 353 Å². The number of esters is 1. The molecule has 3 N–H and O–H groups in total. The average Bonchev–Trinajstić information content (AvgIpc) is 3.44. The van der Waals surface area contributed by atoms with E-state index in [1.54, 1.807) is 0 Å². The first-order chi connectivity index (χ1) is 38.5. The van der Waals surface area contributed by atoms with E-state index in [-0.39, 0.29) is 18.5 Å². The van der Waals surface area contributed by atoms with Gasteiger partial charge in [-0.3, -0.25) is 9.59 Å². The Morgan fingerprint density at radius 2 is 0.641 bits per heavy atom. The highest BCUT2D eigenvalue weighted by Gasteiger charge is 2.20. The number of allylic oxidation sites excluding steroid dienone is 4. The lowest BCUT2D eigenvalue weighted by Crippen LogP contribution is -2.45. The van der Waals surface area contributed by atoms with E-state index in [1.807, 2.05) is 0 Å². The van der Waals surface area contributed by atoms with Crippen LogP contribution in [0.15, 0.2) is 24.3 Å². The van der Waals surface area contributed by atoms with Crippen molar-refractivity contribution in [1.29, 1.82) is 0 Å². The van der Waals surface area contributed by atoms with E-state index in [0.717, 1.165) is 44.9 Å². The van der Waals surface area contributed by atoms with E-state index in [2.05, 4.69) is 43.5 Å². The Balaban J connectivity index is 3.42. The highest BCUT2D eigenvalue weighted by atomic mass is 16.5. The number of aliphatic hydroxyl groups excluding tert-OH is 2. The lowest BCUT2D eigenvalue weighted by atomic mass is 10.0. The molecule has 1 amide bonds. The van der Waals surface area contributed by atoms with Gasteiger partial charge in [-0.05, 0) is 57.8 Å². The van der Waals surface area contributed by atoms with Gasteiger partial charge >= 0.3 is 5.97 Å². The topological polar surface area (TPSA) is 95.9 Å². The molecular weight excluding hydrogens is 959 g/mol. The van der Waals surface area contributed by atoms with Crippen molar-refractivity contribution in [2.75, 3.05) is 13.2 Å². The van der Waals surface area contributed by atoms with Crippen LogP contribution >= 0.6 is 0 Å². The number of aliphatic hydroxyl groups is 2. The minimum Gasteiger partial charge on any atom is -0.466 e. The van der Waals surface area contributed by atoms with E-state index in [4.69, 9.17) is 4.74 Å². The summed E-state index contributed by atoms with van der Waals surface area (Å²) in [5.41, 5.74) is 0. The lowest BCUT2D eigenvalue weighted by molar-refractivity contribution is -0.143. The summed E-state index contributed by atoms with van der Waals surface area (Å²) in [6.07, 6.45) is 85.1. The number of carbonyl (C=O) groups excluding carboxylic acids is 2. The number of unbranched alkanes of at least 4 members (excludes halogenated alkanes) is 52.